The summed E-state index contributed by atoms with van der Waals surface area (Å²) in [6.45, 7) is 5.58. The number of rotatable bonds is 4. The minimum atomic E-state index is 0.167. The maximum Gasteiger partial charge on any atom is 0.0602 e. The predicted molar refractivity (Wildman–Crippen MR) is 65.2 cm³/mol. The monoisotopic (exact) mass is 227 g/mol. The van der Waals surface area contributed by atoms with Crippen LogP contribution in [0.15, 0.2) is 0 Å². The number of nitrogens with zero attached hydrogens (tertiary/aromatic N) is 2. The van der Waals surface area contributed by atoms with Crippen molar-refractivity contribution in [3.63, 3.8) is 0 Å². The molecule has 0 aromatic carbocycles. The molecular weight excluding hydrogens is 202 g/mol. The Morgan fingerprint density at radius 2 is 2.06 bits per heavy atom. The Morgan fingerprint density at radius 3 is 2.56 bits per heavy atom. The summed E-state index contributed by atoms with van der Waals surface area (Å²) in [5.74, 6) is 0.659. The van der Waals surface area contributed by atoms with Crippen LogP contribution < -0.4 is 5.73 Å². The van der Waals surface area contributed by atoms with Crippen molar-refractivity contribution in [2.24, 2.45) is 11.7 Å². The summed E-state index contributed by atoms with van der Waals surface area (Å²) in [7, 11) is 2.16. The molecule has 16 heavy (non-hydrogen) atoms. The highest BCUT2D eigenvalue weighted by Gasteiger charge is 2.37. The van der Waals surface area contributed by atoms with E-state index in [1.807, 2.05) is 0 Å². The quantitative estimate of drug-likeness (QED) is 0.694. The molecule has 4 heteroatoms. The molecular formula is C12H25N3O. The van der Waals surface area contributed by atoms with Gasteiger partial charge >= 0.3 is 0 Å². The maximum atomic E-state index is 9.54. The van der Waals surface area contributed by atoms with Crippen LogP contribution >= 0.6 is 0 Å². The molecule has 1 saturated carbocycles. The van der Waals surface area contributed by atoms with E-state index in [2.05, 4.69) is 23.8 Å². The van der Waals surface area contributed by atoms with Crippen LogP contribution in [0.1, 0.15) is 19.8 Å². The molecule has 1 saturated heterocycles. The van der Waals surface area contributed by atoms with Crippen LogP contribution in [-0.2, 0) is 0 Å². The highest BCUT2D eigenvalue weighted by molar-refractivity contribution is 4.95. The largest absolute Gasteiger partial charge is 0.395 e. The summed E-state index contributed by atoms with van der Waals surface area (Å²) in [4.78, 5) is 4.75. The summed E-state index contributed by atoms with van der Waals surface area (Å²) >= 11 is 0. The van der Waals surface area contributed by atoms with Crippen molar-refractivity contribution in [3.05, 3.63) is 0 Å². The topological polar surface area (TPSA) is 52.7 Å². The van der Waals surface area contributed by atoms with Crippen molar-refractivity contribution in [2.45, 2.75) is 37.9 Å². The standard InChI is InChI=1S/C12H25N3O/c1-9-7-15(6-5-14(9)2)11(8-16)12(13)10-3-4-10/h9-12,16H,3-8,13H2,1-2H3. The summed E-state index contributed by atoms with van der Waals surface area (Å²) in [6, 6.07) is 0.901. The smallest absolute Gasteiger partial charge is 0.0602 e. The minimum Gasteiger partial charge on any atom is -0.395 e. The van der Waals surface area contributed by atoms with E-state index in [4.69, 9.17) is 5.73 Å². The third-order valence-corrected chi connectivity index (χ3v) is 4.26. The zero-order valence-electron chi connectivity index (χ0n) is 10.5. The molecule has 3 unspecified atom stereocenters. The third-order valence-electron chi connectivity index (χ3n) is 4.26. The molecule has 1 aliphatic carbocycles. The van der Waals surface area contributed by atoms with Crippen molar-refractivity contribution in [2.75, 3.05) is 33.3 Å². The van der Waals surface area contributed by atoms with E-state index in [0.717, 1.165) is 19.6 Å². The normalized spacial score (nSPS) is 32.6. The first-order chi connectivity index (χ1) is 7.63. The number of piperazine rings is 1. The highest BCUT2D eigenvalue weighted by atomic mass is 16.3. The van der Waals surface area contributed by atoms with E-state index >= 15 is 0 Å². The molecule has 3 N–H and O–H groups in total. The number of nitrogens with two attached hydrogens (primary N) is 1. The zero-order valence-corrected chi connectivity index (χ0v) is 10.5. The van der Waals surface area contributed by atoms with E-state index in [1.54, 1.807) is 0 Å². The molecule has 0 aromatic heterocycles. The second-order valence-electron chi connectivity index (χ2n) is 5.49. The molecule has 0 aromatic rings. The molecule has 2 aliphatic rings. The lowest BCUT2D eigenvalue weighted by Crippen LogP contribution is -2.59. The summed E-state index contributed by atoms with van der Waals surface area (Å²) in [5.41, 5.74) is 6.23. The SMILES string of the molecule is CC1CN(C(CO)C(N)C2CC2)CCN1C. The molecule has 1 aliphatic heterocycles. The van der Waals surface area contributed by atoms with Gasteiger partial charge in [-0.1, -0.05) is 0 Å². The molecule has 3 atom stereocenters. The van der Waals surface area contributed by atoms with E-state index in [1.165, 1.54) is 12.8 Å². The van der Waals surface area contributed by atoms with Gasteiger partial charge in [-0.05, 0) is 32.7 Å². The molecule has 0 bridgehead atoms. The van der Waals surface area contributed by atoms with Gasteiger partial charge in [0.25, 0.3) is 0 Å². The number of likely N-dealkylation sites (N-methyl/N-ethyl adjacent to an activating group) is 1. The van der Waals surface area contributed by atoms with Crippen molar-refractivity contribution >= 4 is 0 Å². The number of aliphatic hydroxyl groups excluding tert-OH is 1. The molecule has 0 spiro atoms. The Hall–Kier alpha value is -0.160. The van der Waals surface area contributed by atoms with Crippen LogP contribution in [0.3, 0.4) is 0 Å². The van der Waals surface area contributed by atoms with E-state index in [9.17, 15) is 5.11 Å². The highest BCUT2D eigenvalue weighted by Crippen LogP contribution is 2.34. The maximum absolute atomic E-state index is 9.54. The lowest BCUT2D eigenvalue weighted by Gasteiger charge is -2.43. The lowest BCUT2D eigenvalue weighted by atomic mass is 10.0. The van der Waals surface area contributed by atoms with Gasteiger partial charge in [-0.25, -0.2) is 0 Å². The van der Waals surface area contributed by atoms with Crippen LogP contribution in [0.4, 0.5) is 0 Å². The van der Waals surface area contributed by atoms with Crippen LogP contribution in [0.25, 0.3) is 0 Å². The summed E-state index contributed by atoms with van der Waals surface area (Å²) in [5, 5.41) is 9.54. The van der Waals surface area contributed by atoms with Gasteiger partial charge in [-0.3, -0.25) is 4.90 Å². The Balaban J connectivity index is 1.93. The van der Waals surface area contributed by atoms with Crippen LogP contribution in [-0.4, -0.2) is 66.3 Å². The Morgan fingerprint density at radius 1 is 1.38 bits per heavy atom. The average Bonchev–Trinajstić information content (AvgIpc) is 3.07. The molecule has 4 nitrogen and oxygen atoms in total. The van der Waals surface area contributed by atoms with Gasteiger partial charge in [0.05, 0.1) is 6.61 Å². The Labute approximate surface area is 98.4 Å². The van der Waals surface area contributed by atoms with E-state index < -0.39 is 0 Å². The van der Waals surface area contributed by atoms with Crippen molar-refractivity contribution in [1.82, 2.24) is 9.80 Å². The van der Waals surface area contributed by atoms with Gasteiger partial charge < -0.3 is 15.7 Å². The predicted octanol–water partition coefficient (Wildman–Crippen LogP) is -0.279. The Bertz CT molecular complexity index is 232. The second-order valence-corrected chi connectivity index (χ2v) is 5.49. The van der Waals surface area contributed by atoms with Crippen LogP contribution in [0.5, 0.6) is 0 Å². The van der Waals surface area contributed by atoms with Crippen molar-refractivity contribution in [3.8, 4) is 0 Å². The van der Waals surface area contributed by atoms with Crippen molar-refractivity contribution in [1.29, 1.82) is 0 Å². The molecule has 0 amide bonds. The van der Waals surface area contributed by atoms with Gasteiger partial charge in [0.1, 0.15) is 0 Å². The van der Waals surface area contributed by atoms with Crippen LogP contribution in [0, 0.1) is 5.92 Å². The van der Waals surface area contributed by atoms with Gasteiger partial charge in [-0.15, -0.1) is 0 Å². The van der Waals surface area contributed by atoms with Gasteiger partial charge in [-0.2, -0.15) is 0 Å². The van der Waals surface area contributed by atoms with Gasteiger partial charge in [0.2, 0.25) is 0 Å². The third kappa shape index (κ3) is 2.56. The molecule has 0 radical (unpaired) electrons. The first kappa shape index (κ1) is 12.3. The summed E-state index contributed by atoms with van der Waals surface area (Å²) in [6.07, 6.45) is 2.50. The van der Waals surface area contributed by atoms with Crippen molar-refractivity contribution < 1.29 is 5.11 Å². The average molecular weight is 227 g/mol. The molecule has 2 rings (SSSR count). The minimum absolute atomic E-state index is 0.167. The fourth-order valence-electron chi connectivity index (χ4n) is 2.65. The molecule has 1 heterocycles. The van der Waals surface area contributed by atoms with Crippen LogP contribution in [0.2, 0.25) is 0 Å². The fraction of sp³-hybridized carbons (Fsp3) is 1.00. The number of hydrogen-bond acceptors (Lipinski definition) is 4. The fourth-order valence-corrected chi connectivity index (χ4v) is 2.65. The lowest BCUT2D eigenvalue weighted by molar-refractivity contribution is 0.0333. The molecule has 94 valence electrons. The Kier molecular flexibility index (Phi) is 3.85. The van der Waals surface area contributed by atoms with Gasteiger partial charge in [0, 0.05) is 37.8 Å². The zero-order chi connectivity index (χ0) is 11.7. The number of aliphatic hydroxyl groups is 1. The van der Waals surface area contributed by atoms with Gasteiger partial charge in [0.15, 0.2) is 0 Å². The first-order valence-electron chi connectivity index (χ1n) is 6.44. The first-order valence-corrected chi connectivity index (χ1v) is 6.44. The molecule has 2 fully saturated rings. The van der Waals surface area contributed by atoms with E-state index in [-0.39, 0.29) is 18.7 Å². The number of hydrogen-bond donors (Lipinski definition) is 2. The second kappa shape index (κ2) is 5.00. The van der Waals surface area contributed by atoms with E-state index in [0.29, 0.717) is 12.0 Å². The summed E-state index contributed by atoms with van der Waals surface area (Å²) < 4.78 is 0.